The average molecular weight is 361 g/mol. The summed E-state index contributed by atoms with van der Waals surface area (Å²) in [4.78, 5) is 46.0. The third kappa shape index (κ3) is 9.59. The van der Waals surface area contributed by atoms with Gasteiger partial charge in [-0.25, -0.2) is 4.79 Å². The molecule has 0 fully saturated rings. The highest BCUT2D eigenvalue weighted by Crippen LogP contribution is 2.00. The molecule has 0 aliphatic rings. The van der Waals surface area contributed by atoms with E-state index < -0.39 is 55.0 Å². The van der Waals surface area contributed by atoms with Crippen LogP contribution in [0.3, 0.4) is 0 Å². The number of carboxylic acids is 1. The number of amides is 3. The number of nitrogens with one attached hydrogen (secondary N) is 3. The zero-order valence-corrected chi connectivity index (χ0v) is 14.2. The van der Waals surface area contributed by atoms with E-state index in [9.17, 15) is 19.2 Å². The van der Waals surface area contributed by atoms with E-state index in [0.717, 1.165) is 0 Å². The summed E-state index contributed by atoms with van der Waals surface area (Å²) in [6.45, 7) is 0.803. The minimum absolute atomic E-state index is 0.234. The molecule has 0 radical (unpaired) electrons. The van der Waals surface area contributed by atoms with Gasteiger partial charge in [-0.2, -0.15) is 0 Å². The number of nitrogens with two attached hydrogens (primary N) is 2. The topological polar surface area (TPSA) is 197 Å². The second-order valence-corrected chi connectivity index (χ2v) is 5.48. The van der Waals surface area contributed by atoms with Crippen LogP contribution in [0.5, 0.6) is 0 Å². The van der Waals surface area contributed by atoms with E-state index in [1.54, 1.807) is 0 Å². The SMILES string of the molecule is CC(NC(=O)C(N)CO)C(=O)NCC(=O)NC(CCCCN)C(=O)O. The molecule has 144 valence electrons. The minimum atomic E-state index is -1.17. The molecule has 0 aliphatic carbocycles. The number of carboxylic acid groups (broad SMARTS) is 1. The van der Waals surface area contributed by atoms with Gasteiger partial charge < -0.3 is 37.6 Å². The number of hydrogen-bond donors (Lipinski definition) is 7. The first-order valence-corrected chi connectivity index (χ1v) is 7.89. The molecule has 11 nitrogen and oxygen atoms in total. The first-order valence-electron chi connectivity index (χ1n) is 7.89. The van der Waals surface area contributed by atoms with Crippen molar-refractivity contribution in [1.29, 1.82) is 0 Å². The van der Waals surface area contributed by atoms with Crippen molar-refractivity contribution in [3.63, 3.8) is 0 Å². The summed E-state index contributed by atoms with van der Waals surface area (Å²) in [5, 5.41) is 24.6. The lowest BCUT2D eigenvalue weighted by Gasteiger charge is -2.17. The van der Waals surface area contributed by atoms with Crippen LogP contribution in [0.1, 0.15) is 26.2 Å². The van der Waals surface area contributed by atoms with Crippen LogP contribution in [0.15, 0.2) is 0 Å². The molecule has 3 atom stereocenters. The van der Waals surface area contributed by atoms with Crippen LogP contribution in [-0.2, 0) is 19.2 Å². The fraction of sp³-hybridized carbons (Fsp3) is 0.714. The van der Waals surface area contributed by atoms with Gasteiger partial charge in [0.25, 0.3) is 0 Å². The molecule has 0 heterocycles. The van der Waals surface area contributed by atoms with Gasteiger partial charge in [0.2, 0.25) is 17.7 Å². The fourth-order valence-corrected chi connectivity index (χ4v) is 1.78. The van der Waals surface area contributed by atoms with E-state index in [-0.39, 0.29) is 6.42 Å². The van der Waals surface area contributed by atoms with Crippen LogP contribution >= 0.6 is 0 Å². The highest BCUT2D eigenvalue weighted by Gasteiger charge is 2.22. The monoisotopic (exact) mass is 361 g/mol. The van der Waals surface area contributed by atoms with Crippen LogP contribution in [-0.4, -0.2) is 71.7 Å². The quantitative estimate of drug-likeness (QED) is 0.175. The zero-order valence-electron chi connectivity index (χ0n) is 14.2. The lowest BCUT2D eigenvalue weighted by molar-refractivity contribution is -0.142. The number of carbonyl (C=O) groups is 4. The van der Waals surface area contributed by atoms with Crippen molar-refractivity contribution in [2.24, 2.45) is 11.5 Å². The Morgan fingerprint density at radius 1 is 1.08 bits per heavy atom. The van der Waals surface area contributed by atoms with Crippen molar-refractivity contribution >= 4 is 23.7 Å². The van der Waals surface area contributed by atoms with E-state index in [2.05, 4.69) is 16.0 Å². The van der Waals surface area contributed by atoms with E-state index >= 15 is 0 Å². The van der Waals surface area contributed by atoms with Gasteiger partial charge in [-0.3, -0.25) is 14.4 Å². The third-order valence-electron chi connectivity index (χ3n) is 3.29. The van der Waals surface area contributed by atoms with Crippen LogP contribution in [0.2, 0.25) is 0 Å². The first kappa shape index (κ1) is 22.8. The van der Waals surface area contributed by atoms with Gasteiger partial charge in [0.05, 0.1) is 13.2 Å². The van der Waals surface area contributed by atoms with Gasteiger partial charge in [-0.15, -0.1) is 0 Å². The van der Waals surface area contributed by atoms with Crippen molar-refractivity contribution in [3.05, 3.63) is 0 Å². The van der Waals surface area contributed by atoms with Crippen LogP contribution in [0.25, 0.3) is 0 Å². The number of aliphatic hydroxyl groups is 1. The number of carbonyl (C=O) groups excluding carboxylic acids is 3. The van der Waals surface area contributed by atoms with E-state index in [1.807, 2.05) is 0 Å². The maximum absolute atomic E-state index is 11.8. The van der Waals surface area contributed by atoms with Crippen LogP contribution in [0.4, 0.5) is 0 Å². The summed E-state index contributed by atoms with van der Waals surface area (Å²) in [7, 11) is 0. The second kappa shape index (κ2) is 12.2. The Kier molecular flexibility index (Phi) is 11.1. The largest absolute Gasteiger partial charge is 0.480 e. The minimum Gasteiger partial charge on any atom is -0.480 e. The highest BCUT2D eigenvalue weighted by atomic mass is 16.4. The molecule has 0 aromatic rings. The van der Waals surface area contributed by atoms with Crippen LogP contribution in [0, 0.1) is 0 Å². The molecule has 0 aromatic carbocycles. The van der Waals surface area contributed by atoms with Crippen molar-refractivity contribution in [2.75, 3.05) is 19.7 Å². The Bertz CT molecular complexity index is 473. The summed E-state index contributed by atoms with van der Waals surface area (Å²) in [5.74, 6) is -3.20. The molecular weight excluding hydrogens is 334 g/mol. The Labute approximate surface area is 145 Å². The summed E-state index contributed by atoms with van der Waals surface area (Å²) in [6, 6.07) is -3.18. The van der Waals surface area contributed by atoms with Crippen molar-refractivity contribution in [1.82, 2.24) is 16.0 Å². The summed E-state index contributed by atoms with van der Waals surface area (Å²) < 4.78 is 0. The second-order valence-electron chi connectivity index (χ2n) is 5.48. The fourth-order valence-electron chi connectivity index (χ4n) is 1.78. The number of unbranched alkanes of at least 4 members (excludes halogenated alkanes) is 1. The van der Waals surface area contributed by atoms with Gasteiger partial charge in [0.1, 0.15) is 18.1 Å². The van der Waals surface area contributed by atoms with Crippen molar-refractivity contribution < 1.29 is 29.4 Å². The maximum atomic E-state index is 11.8. The maximum Gasteiger partial charge on any atom is 0.326 e. The number of hydrogen-bond acceptors (Lipinski definition) is 7. The number of aliphatic hydroxyl groups excluding tert-OH is 1. The summed E-state index contributed by atoms with van der Waals surface area (Å²) in [5.41, 5.74) is 10.6. The van der Waals surface area contributed by atoms with Gasteiger partial charge in [0, 0.05) is 0 Å². The lowest BCUT2D eigenvalue weighted by Crippen LogP contribution is -2.53. The number of rotatable bonds is 12. The van der Waals surface area contributed by atoms with Gasteiger partial charge in [-0.1, -0.05) is 0 Å². The molecule has 3 unspecified atom stereocenters. The number of aliphatic carboxylic acids is 1. The molecule has 0 aromatic heterocycles. The Morgan fingerprint density at radius 3 is 2.24 bits per heavy atom. The molecule has 0 rings (SSSR count). The summed E-state index contributed by atoms with van der Waals surface area (Å²) in [6.07, 6.45) is 1.43. The lowest BCUT2D eigenvalue weighted by atomic mass is 10.1. The molecular formula is C14H27N5O6. The molecule has 0 saturated heterocycles. The highest BCUT2D eigenvalue weighted by molar-refractivity contribution is 5.92. The van der Waals surface area contributed by atoms with Gasteiger partial charge >= 0.3 is 5.97 Å². The predicted octanol–water partition coefficient (Wildman–Crippen LogP) is -3.37. The van der Waals surface area contributed by atoms with Gasteiger partial charge in [0.15, 0.2) is 0 Å². The third-order valence-corrected chi connectivity index (χ3v) is 3.29. The molecule has 25 heavy (non-hydrogen) atoms. The van der Waals surface area contributed by atoms with Crippen molar-refractivity contribution in [3.8, 4) is 0 Å². The van der Waals surface area contributed by atoms with E-state index in [0.29, 0.717) is 19.4 Å². The molecule has 11 heteroatoms. The Balaban J connectivity index is 4.30. The smallest absolute Gasteiger partial charge is 0.326 e. The molecule has 0 spiro atoms. The normalized spacial score (nSPS) is 14.1. The zero-order chi connectivity index (χ0) is 19.4. The molecule has 9 N–H and O–H groups in total. The van der Waals surface area contributed by atoms with Gasteiger partial charge in [-0.05, 0) is 32.7 Å². The predicted molar refractivity (Wildman–Crippen MR) is 88.1 cm³/mol. The standard InChI is InChI=1S/C14H27N5O6/c1-8(18-13(23)9(16)7-20)12(22)17-6-11(21)19-10(14(24)25)4-2-3-5-15/h8-10,20H,2-7,15-16H2,1H3,(H,17,22)(H,18,23)(H,19,21)(H,24,25). The van der Waals surface area contributed by atoms with E-state index in [4.69, 9.17) is 21.7 Å². The molecule has 0 aliphatic heterocycles. The summed E-state index contributed by atoms with van der Waals surface area (Å²) >= 11 is 0. The molecule has 0 saturated carbocycles. The Hall–Kier alpha value is -2.24. The Morgan fingerprint density at radius 2 is 1.72 bits per heavy atom. The van der Waals surface area contributed by atoms with Crippen molar-refractivity contribution in [2.45, 2.75) is 44.3 Å². The molecule has 3 amide bonds. The van der Waals surface area contributed by atoms with Crippen LogP contribution < -0.4 is 27.4 Å². The first-order chi connectivity index (χ1) is 11.7. The molecule has 0 bridgehead atoms. The van der Waals surface area contributed by atoms with E-state index in [1.165, 1.54) is 6.92 Å². The average Bonchev–Trinajstić information content (AvgIpc) is 2.57.